The molecule has 8 nitrogen and oxygen atoms in total. The van der Waals surface area contributed by atoms with Gasteiger partial charge in [0.05, 0.1) is 11.3 Å². The lowest BCUT2D eigenvalue weighted by Crippen LogP contribution is -2.64. The summed E-state index contributed by atoms with van der Waals surface area (Å²) in [6.07, 6.45) is 1.45. The zero-order chi connectivity index (χ0) is 19.7. The average Bonchev–Trinajstić information content (AvgIpc) is 2.73. The molecule has 28 heavy (non-hydrogen) atoms. The smallest absolute Gasteiger partial charge is 0.335 e. The van der Waals surface area contributed by atoms with Crippen molar-refractivity contribution >= 4 is 17.8 Å². The van der Waals surface area contributed by atoms with Crippen molar-refractivity contribution in [3.8, 4) is 11.3 Å². The van der Waals surface area contributed by atoms with Crippen LogP contribution in [0.25, 0.3) is 11.3 Å². The van der Waals surface area contributed by atoms with E-state index < -0.39 is 5.97 Å². The summed E-state index contributed by atoms with van der Waals surface area (Å²) in [4.78, 5) is 44.1. The number of pyridine rings is 1. The Labute approximate surface area is 161 Å². The van der Waals surface area contributed by atoms with Gasteiger partial charge >= 0.3 is 5.97 Å². The summed E-state index contributed by atoms with van der Waals surface area (Å²) >= 11 is 0. The summed E-state index contributed by atoms with van der Waals surface area (Å²) in [5, 5.41) is 12.0. The van der Waals surface area contributed by atoms with Gasteiger partial charge < -0.3 is 15.3 Å². The highest BCUT2D eigenvalue weighted by molar-refractivity contribution is 5.95. The van der Waals surface area contributed by atoms with E-state index in [2.05, 4.69) is 15.2 Å². The summed E-state index contributed by atoms with van der Waals surface area (Å²) in [5.74, 6) is -1.15. The molecular weight excluding hydrogens is 360 g/mol. The molecule has 2 saturated heterocycles. The van der Waals surface area contributed by atoms with E-state index in [1.165, 1.54) is 18.3 Å². The Balaban J connectivity index is 1.49. The molecule has 2 aromatic rings. The molecular formula is C20H20N4O4. The van der Waals surface area contributed by atoms with Crippen molar-refractivity contribution in [2.75, 3.05) is 32.7 Å². The lowest BCUT2D eigenvalue weighted by atomic mass is 10.0. The molecule has 144 valence electrons. The molecule has 0 radical (unpaired) electrons. The first-order valence-corrected chi connectivity index (χ1v) is 9.14. The average molecular weight is 380 g/mol. The van der Waals surface area contributed by atoms with Crippen molar-refractivity contribution in [2.45, 2.75) is 6.04 Å². The Bertz CT molecular complexity index is 928. The minimum Gasteiger partial charge on any atom is -0.478 e. The van der Waals surface area contributed by atoms with Crippen LogP contribution in [0.15, 0.2) is 42.6 Å². The SMILES string of the molecule is O=C(O)c1ccnc(-c2ccc(C(=O)N3CCN4CCNC(=O)[C@H]4C3)cc2)c1. The molecule has 0 unspecified atom stereocenters. The van der Waals surface area contributed by atoms with Crippen molar-refractivity contribution in [1.82, 2.24) is 20.1 Å². The number of nitrogens with zero attached hydrogens (tertiary/aromatic N) is 3. The third-order valence-electron chi connectivity index (χ3n) is 5.21. The van der Waals surface area contributed by atoms with E-state index in [4.69, 9.17) is 5.11 Å². The number of hydrogen-bond donors (Lipinski definition) is 2. The van der Waals surface area contributed by atoms with Gasteiger partial charge in [0.25, 0.3) is 5.91 Å². The van der Waals surface area contributed by atoms with Gasteiger partial charge in [0.15, 0.2) is 0 Å². The quantitative estimate of drug-likeness (QED) is 0.813. The van der Waals surface area contributed by atoms with Crippen LogP contribution in [0.2, 0.25) is 0 Å². The second kappa shape index (κ2) is 7.40. The fourth-order valence-corrected chi connectivity index (χ4v) is 3.65. The number of aromatic nitrogens is 1. The molecule has 0 aliphatic carbocycles. The third kappa shape index (κ3) is 3.46. The van der Waals surface area contributed by atoms with Crippen LogP contribution in [0, 0.1) is 0 Å². The van der Waals surface area contributed by atoms with E-state index >= 15 is 0 Å². The summed E-state index contributed by atoms with van der Waals surface area (Å²) < 4.78 is 0. The van der Waals surface area contributed by atoms with Gasteiger partial charge in [-0.2, -0.15) is 0 Å². The molecule has 4 rings (SSSR count). The lowest BCUT2D eigenvalue weighted by Gasteiger charge is -2.43. The normalized spacial score (nSPS) is 19.6. The van der Waals surface area contributed by atoms with Crippen LogP contribution in [0.4, 0.5) is 0 Å². The fraction of sp³-hybridized carbons (Fsp3) is 0.300. The van der Waals surface area contributed by atoms with Gasteiger partial charge in [-0.1, -0.05) is 12.1 Å². The van der Waals surface area contributed by atoms with Gasteiger partial charge in [-0.15, -0.1) is 0 Å². The molecule has 2 aliphatic rings. The molecule has 3 heterocycles. The zero-order valence-corrected chi connectivity index (χ0v) is 15.2. The first-order valence-electron chi connectivity index (χ1n) is 9.14. The van der Waals surface area contributed by atoms with Crippen LogP contribution in [0.1, 0.15) is 20.7 Å². The van der Waals surface area contributed by atoms with Crippen molar-refractivity contribution in [1.29, 1.82) is 0 Å². The predicted molar refractivity (Wildman–Crippen MR) is 101 cm³/mol. The van der Waals surface area contributed by atoms with Crippen molar-refractivity contribution in [2.24, 2.45) is 0 Å². The van der Waals surface area contributed by atoms with E-state index in [0.29, 0.717) is 37.4 Å². The number of carbonyl (C=O) groups excluding carboxylic acids is 2. The van der Waals surface area contributed by atoms with E-state index in [9.17, 15) is 14.4 Å². The Morgan fingerprint density at radius 2 is 1.86 bits per heavy atom. The number of carbonyl (C=O) groups is 3. The number of piperazine rings is 2. The first kappa shape index (κ1) is 18.1. The standard InChI is InChI=1S/C20H20N4O4/c25-18-17-12-24(10-9-23(17)8-7-22-18)19(26)14-3-1-13(2-4-14)16-11-15(20(27)28)5-6-21-16/h1-6,11,17H,7-10,12H2,(H,22,25)(H,27,28)/t17-/m1/s1. The monoisotopic (exact) mass is 380 g/mol. The summed E-state index contributed by atoms with van der Waals surface area (Å²) in [6.45, 7) is 3.13. The second-order valence-corrected chi connectivity index (χ2v) is 6.91. The summed E-state index contributed by atoms with van der Waals surface area (Å²) in [5.41, 5.74) is 1.96. The molecule has 2 amide bonds. The second-order valence-electron chi connectivity index (χ2n) is 6.91. The van der Waals surface area contributed by atoms with E-state index in [1.807, 2.05) is 0 Å². The van der Waals surface area contributed by atoms with Crippen molar-refractivity contribution < 1.29 is 19.5 Å². The third-order valence-corrected chi connectivity index (χ3v) is 5.21. The van der Waals surface area contributed by atoms with Crippen LogP contribution >= 0.6 is 0 Å². The van der Waals surface area contributed by atoms with Gasteiger partial charge in [-0.25, -0.2) is 4.79 Å². The van der Waals surface area contributed by atoms with Crippen LogP contribution < -0.4 is 5.32 Å². The number of fused-ring (bicyclic) bond motifs is 1. The maximum Gasteiger partial charge on any atom is 0.335 e. The predicted octanol–water partition coefficient (Wildman–Crippen LogP) is 0.703. The number of aromatic carboxylic acids is 1. The molecule has 2 fully saturated rings. The molecule has 2 aliphatic heterocycles. The van der Waals surface area contributed by atoms with Crippen LogP contribution in [-0.4, -0.2) is 76.4 Å². The Morgan fingerprint density at radius 3 is 2.61 bits per heavy atom. The molecule has 0 spiro atoms. The zero-order valence-electron chi connectivity index (χ0n) is 15.2. The highest BCUT2D eigenvalue weighted by Crippen LogP contribution is 2.20. The number of carboxylic acid groups (broad SMARTS) is 1. The van der Waals surface area contributed by atoms with Gasteiger partial charge in [-0.3, -0.25) is 19.5 Å². The minimum absolute atomic E-state index is 0.0246. The lowest BCUT2D eigenvalue weighted by molar-refractivity contribution is -0.131. The molecule has 2 N–H and O–H groups in total. The van der Waals surface area contributed by atoms with Crippen molar-refractivity contribution in [3.05, 3.63) is 53.7 Å². The number of rotatable bonds is 3. The van der Waals surface area contributed by atoms with Gasteiger partial charge in [-0.05, 0) is 24.3 Å². The summed E-state index contributed by atoms with van der Waals surface area (Å²) in [7, 11) is 0. The van der Waals surface area contributed by atoms with E-state index in [1.54, 1.807) is 29.2 Å². The number of amides is 2. The number of benzene rings is 1. The van der Waals surface area contributed by atoms with Gasteiger partial charge in [0.2, 0.25) is 5.91 Å². The largest absolute Gasteiger partial charge is 0.478 e. The number of carboxylic acids is 1. The van der Waals surface area contributed by atoms with Crippen molar-refractivity contribution in [3.63, 3.8) is 0 Å². The fourth-order valence-electron chi connectivity index (χ4n) is 3.65. The Morgan fingerprint density at radius 1 is 1.07 bits per heavy atom. The van der Waals surface area contributed by atoms with Crippen LogP contribution in [0.3, 0.4) is 0 Å². The first-order chi connectivity index (χ1) is 13.5. The van der Waals surface area contributed by atoms with Crippen LogP contribution in [0.5, 0.6) is 0 Å². The topological polar surface area (TPSA) is 103 Å². The molecule has 0 saturated carbocycles. The minimum atomic E-state index is -1.01. The van der Waals surface area contributed by atoms with E-state index in [-0.39, 0.29) is 23.4 Å². The Hall–Kier alpha value is -3.26. The number of nitrogens with one attached hydrogen (secondary N) is 1. The molecule has 8 heteroatoms. The molecule has 1 atom stereocenters. The van der Waals surface area contributed by atoms with Gasteiger partial charge in [0, 0.05) is 50.0 Å². The maximum atomic E-state index is 12.9. The maximum absolute atomic E-state index is 12.9. The molecule has 0 bridgehead atoms. The summed E-state index contributed by atoms with van der Waals surface area (Å²) in [6, 6.07) is 9.58. The van der Waals surface area contributed by atoms with Crippen LogP contribution in [-0.2, 0) is 4.79 Å². The highest BCUT2D eigenvalue weighted by Gasteiger charge is 2.36. The Kier molecular flexibility index (Phi) is 4.79. The molecule has 1 aromatic heterocycles. The van der Waals surface area contributed by atoms with Gasteiger partial charge in [0.1, 0.15) is 6.04 Å². The molecule has 1 aromatic carbocycles. The number of hydrogen-bond acceptors (Lipinski definition) is 5. The van der Waals surface area contributed by atoms with E-state index in [0.717, 1.165) is 12.1 Å². The highest BCUT2D eigenvalue weighted by atomic mass is 16.4.